The molecule has 1 fully saturated rings. The maximum atomic E-state index is 12.7. The van der Waals surface area contributed by atoms with Crippen LogP contribution in [0.15, 0.2) is 18.2 Å². The Labute approximate surface area is 146 Å². The molecule has 0 saturated carbocycles. The van der Waals surface area contributed by atoms with E-state index in [2.05, 4.69) is 0 Å². The summed E-state index contributed by atoms with van der Waals surface area (Å²) in [6, 6.07) is 4.75. The number of amides is 1. The fraction of sp³-hybridized carbons (Fsp3) is 0.533. The minimum atomic E-state index is -3.08. The molecule has 1 heterocycles. The fourth-order valence-corrected chi connectivity index (χ4v) is 4.94. The van der Waals surface area contributed by atoms with Crippen molar-refractivity contribution in [1.82, 2.24) is 4.90 Å². The molecule has 1 aromatic carbocycles. The number of sulfone groups is 1. The van der Waals surface area contributed by atoms with E-state index in [1.807, 2.05) is 0 Å². The number of hydrogen-bond acceptors (Lipinski definition) is 4. The van der Waals surface area contributed by atoms with E-state index < -0.39 is 9.84 Å². The number of nitrogens with zero attached hydrogens (tertiary/aromatic N) is 1. The SMILES string of the molecule is COCCN(C(=O)Cc1c(Cl)cccc1Cl)C1CCS(=O)(=O)C1. The predicted octanol–water partition coefficient (Wildman–Crippen LogP) is 2.20. The lowest BCUT2D eigenvalue weighted by Crippen LogP contribution is -2.43. The zero-order valence-corrected chi connectivity index (χ0v) is 15.1. The summed E-state index contributed by atoms with van der Waals surface area (Å²) in [6.07, 6.45) is 0.493. The molecule has 1 aromatic rings. The molecular formula is C15H19Cl2NO4S. The van der Waals surface area contributed by atoms with Gasteiger partial charge in [-0.05, 0) is 24.1 Å². The zero-order valence-electron chi connectivity index (χ0n) is 12.8. The van der Waals surface area contributed by atoms with Crippen molar-refractivity contribution in [3.8, 4) is 0 Å². The molecule has 2 rings (SSSR count). The molecule has 0 aliphatic carbocycles. The van der Waals surface area contributed by atoms with Gasteiger partial charge in [0.2, 0.25) is 5.91 Å². The second-order valence-electron chi connectivity index (χ2n) is 5.51. The Morgan fingerprint density at radius 3 is 2.52 bits per heavy atom. The van der Waals surface area contributed by atoms with E-state index in [0.29, 0.717) is 35.2 Å². The number of ether oxygens (including phenoxy) is 1. The van der Waals surface area contributed by atoms with Crippen LogP contribution in [0.3, 0.4) is 0 Å². The van der Waals surface area contributed by atoms with Crippen molar-refractivity contribution in [2.75, 3.05) is 31.8 Å². The predicted molar refractivity (Wildman–Crippen MR) is 90.8 cm³/mol. The van der Waals surface area contributed by atoms with Crippen LogP contribution in [-0.4, -0.2) is 57.0 Å². The standard InChI is InChI=1S/C15H19Cl2NO4S/c1-22-7-6-18(11-5-8-23(20,21)10-11)15(19)9-12-13(16)3-2-4-14(12)17/h2-4,11H,5-10H2,1H3. The van der Waals surface area contributed by atoms with Crippen molar-refractivity contribution in [3.63, 3.8) is 0 Å². The van der Waals surface area contributed by atoms with Gasteiger partial charge in [-0.3, -0.25) is 4.79 Å². The lowest BCUT2D eigenvalue weighted by Gasteiger charge is -2.28. The van der Waals surface area contributed by atoms with E-state index in [1.54, 1.807) is 30.2 Å². The Kier molecular flexibility index (Phi) is 6.31. The Morgan fingerprint density at radius 2 is 2.00 bits per heavy atom. The van der Waals surface area contributed by atoms with Gasteiger partial charge in [0.1, 0.15) is 0 Å². The van der Waals surface area contributed by atoms with Crippen LogP contribution < -0.4 is 0 Å². The van der Waals surface area contributed by atoms with E-state index in [9.17, 15) is 13.2 Å². The molecule has 0 spiro atoms. The first-order valence-electron chi connectivity index (χ1n) is 7.26. The molecule has 1 atom stereocenters. The highest BCUT2D eigenvalue weighted by atomic mass is 35.5. The second kappa shape index (κ2) is 7.83. The van der Waals surface area contributed by atoms with Gasteiger partial charge in [0.05, 0.1) is 24.5 Å². The molecular weight excluding hydrogens is 361 g/mol. The van der Waals surface area contributed by atoms with Gasteiger partial charge in [-0.2, -0.15) is 0 Å². The molecule has 0 radical (unpaired) electrons. The summed E-state index contributed by atoms with van der Waals surface area (Å²) in [7, 11) is -1.53. The molecule has 1 unspecified atom stereocenters. The third-order valence-electron chi connectivity index (χ3n) is 3.90. The molecule has 8 heteroatoms. The average Bonchev–Trinajstić information content (AvgIpc) is 2.83. The highest BCUT2D eigenvalue weighted by Crippen LogP contribution is 2.26. The zero-order chi connectivity index (χ0) is 17.0. The normalized spacial score (nSPS) is 19.7. The third-order valence-corrected chi connectivity index (χ3v) is 6.35. The van der Waals surface area contributed by atoms with Crippen LogP contribution in [0.5, 0.6) is 0 Å². The number of methoxy groups -OCH3 is 1. The van der Waals surface area contributed by atoms with Crippen molar-refractivity contribution in [2.45, 2.75) is 18.9 Å². The molecule has 23 heavy (non-hydrogen) atoms. The first-order chi connectivity index (χ1) is 10.8. The monoisotopic (exact) mass is 379 g/mol. The molecule has 1 amide bonds. The fourth-order valence-electron chi connectivity index (χ4n) is 2.68. The molecule has 0 aromatic heterocycles. The van der Waals surface area contributed by atoms with Crippen LogP contribution in [0.25, 0.3) is 0 Å². The number of hydrogen-bond donors (Lipinski definition) is 0. The highest BCUT2D eigenvalue weighted by Gasteiger charge is 2.34. The Morgan fingerprint density at radius 1 is 1.35 bits per heavy atom. The van der Waals surface area contributed by atoms with Gasteiger partial charge in [0.25, 0.3) is 0 Å². The summed E-state index contributed by atoms with van der Waals surface area (Å²) in [6.45, 7) is 0.691. The van der Waals surface area contributed by atoms with Crippen molar-refractivity contribution < 1.29 is 17.9 Å². The molecule has 1 saturated heterocycles. The molecule has 1 aliphatic rings. The van der Waals surface area contributed by atoms with Crippen LogP contribution in [0, 0.1) is 0 Å². The van der Waals surface area contributed by atoms with Gasteiger partial charge < -0.3 is 9.64 Å². The number of carbonyl (C=O) groups is 1. The first kappa shape index (κ1) is 18.5. The van der Waals surface area contributed by atoms with E-state index in [4.69, 9.17) is 27.9 Å². The summed E-state index contributed by atoms with van der Waals surface area (Å²) >= 11 is 12.2. The van der Waals surface area contributed by atoms with Crippen molar-refractivity contribution >= 4 is 38.9 Å². The highest BCUT2D eigenvalue weighted by molar-refractivity contribution is 7.91. The van der Waals surface area contributed by atoms with Crippen LogP contribution in [0.2, 0.25) is 10.0 Å². The number of rotatable bonds is 6. The van der Waals surface area contributed by atoms with Gasteiger partial charge in [-0.25, -0.2) is 8.42 Å². The van der Waals surface area contributed by atoms with E-state index in [0.717, 1.165) is 0 Å². The lowest BCUT2D eigenvalue weighted by molar-refractivity contribution is -0.133. The Hall–Kier alpha value is -0.820. The summed E-state index contributed by atoms with van der Waals surface area (Å²) in [5.74, 6) is -0.0841. The topological polar surface area (TPSA) is 63.7 Å². The van der Waals surface area contributed by atoms with Crippen molar-refractivity contribution in [1.29, 1.82) is 0 Å². The Balaban J connectivity index is 2.17. The second-order valence-corrected chi connectivity index (χ2v) is 8.56. The number of carbonyl (C=O) groups excluding carboxylic acids is 1. The molecule has 128 valence electrons. The van der Waals surface area contributed by atoms with Crippen LogP contribution in [0.4, 0.5) is 0 Å². The summed E-state index contributed by atoms with van der Waals surface area (Å²) in [4.78, 5) is 14.3. The summed E-state index contributed by atoms with van der Waals surface area (Å²) < 4.78 is 28.4. The molecule has 1 aliphatic heterocycles. The first-order valence-corrected chi connectivity index (χ1v) is 9.83. The number of benzene rings is 1. The van der Waals surface area contributed by atoms with Gasteiger partial charge in [-0.1, -0.05) is 29.3 Å². The smallest absolute Gasteiger partial charge is 0.227 e. The lowest BCUT2D eigenvalue weighted by atomic mass is 10.1. The number of halogens is 2. The van der Waals surface area contributed by atoms with E-state index >= 15 is 0 Å². The van der Waals surface area contributed by atoms with Crippen molar-refractivity contribution in [2.24, 2.45) is 0 Å². The van der Waals surface area contributed by atoms with Crippen LogP contribution in [-0.2, 0) is 25.8 Å². The van der Waals surface area contributed by atoms with Crippen LogP contribution in [0.1, 0.15) is 12.0 Å². The average molecular weight is 380 g/mol. The van der Waals surface area contributed by atoms with E-state index in [1.165, 1.54) is 0 Å². The minimum absolute atomic E-state index is 0.00128. The maximum Gasteiger partial charge on any atom is 0.227 e. The largest absolute Gasteiger partial charge is 0.383 e. The van der Waals surface area contributed by atoms with Gasteiger partial charge in [0.15, 0.2) is 9.84 Å². The van der Waals surface area contributed by atoms with Gasteiger partial charge in [-0.15, -0.1) is 0 Å². The van der Waals surface area contributed by atoms with Crippen LogP contribution >= 0.6 is 23.2 Å². The van der Waals surface area contributed by atoms with Gasteiger partial charge >= 0.3 is 0 Å². The maximum absolute atomic E-state index is 12.7. The quantitative estimate of drug-likeness (QED) is 0.759. The van der Waals surface area contributed by atoms with E-state index in [-0.39, 0.29) is 29.9 Å². The minimum Gasteiger partial charge on any atom is -0.383 e. The molecule has 0 bridgehead atoms. The summed E-state index contributed by atoms with van der Waals surface area (Å²) in [5, 5.41) is 0.855. The molecule has 5 nitrogen and oxygen atoms in total. The molecule has 0 N–H and O–H groups in total. The Bertz CT molecular complexity index is 658. The summed E-state index contributed by atoms with van der Waals surface area (Å²) in [5.41, 5.74) is 0.559. The van der Waals surface area contributed by atoms with Crippen molar-refractivity contribution in [3.05, 3.63) is 33.8 Å². The van der Waals surface area contributed by atoms with Gasteiger partial charge in [0, 0.05) is 29.7 Å². The third kappa shape index (κ3) is 4.83.